The summed E-state index contributed by atoms with van der Waals surface area (Å²) in [5, 5.41) is 3.28. The first-order valence-electron chi connectivity index (χ1n) is 6.43. The molecule has 1 fully saturated rings. The first kappa shape index (κ1) is 14.1. The van der Waals surface area contributed by atoms with Crippen LogP contribution in [0.15, 0.2) is 6.07 Å². The van der Waals surface area contributed by atoms with Gasteiger partial charge in [0.25, 0.3) is 0 Å². The van der Waals surface area contributed by atoms with E-state index >= 15 is 0 Å². The second-order valence-corrected chi connectivity index (χ2v) is 5.92. The maximum absolute atomic E-state index is 12.0. The van der Waals surface area contributed by atoms with Gasteiger partial charge in [0.1, 0.15) is 22.3 Å². The Morgan fingerprint density at radius 1 is 1.42 bits per heavy atom. The number of piperazine rings is 1. The number of anilines is 1. The molecule has 19 heavy (non-hydrogen) atoms. The van der Waals surface area contributed by atoms with Crippen molar-refractivity contribution < 1.29 is 4.79 Å². The fourth-order valence-corrected chi connectivity index (χ4v) is 2.30. The molecule has 1 saturated heterocycles. The van der Waals surface area contributed by atoms with Crippen molar-refractivity contribution >= 4 is 23.3 Å². The van der Waals surface area contributed by atoms with Gasteiger partial charge in [-0.3, -0.25) is 4.79 Å². The van der Waals surface area contributed by atoms with Gasteiger partial charge in [0.15, 0.2) is 0 Å². The van der Waals surface area contributed by atoms with Crippen molar-refractivity contribution in [2.24, 2.45) is 0 Å². The molecule has 0 bridgehead atoms. The Morgan fingerprint density at radius 3 is 2.74 bits per heavy atom. The highest BCUT2D eigenvalue weighted by Gasteiger charge is 2.38. The van der Waals surface area contributed by atoms with Crippen molar-refractivity contribution in [1.29, 1.82) is 0 Å². The molecule has 6 heteroatoms. The molecule has 0 aromatic carbocycles. The Labute approximate surface area is 118 Å². The van der Waals surface area contributed by atoms with E-state index in [1.807, 2.05) is 32.6 Å². The predicted octanol–water partition coefficient (Wildman–Crippen LogP) is 1.97. The topological polar surface area (TPSA) is 58.1 Å². The highest BCUT2D eigenvalue weighted by Crippen LogP contribution is 2.27. The Balaban J connectivity index is 2.43. The number of hydrogen-bond donors (Lipinski definition) is 1. The van der Waals surface area contributed by atoms with E-state index in [1.165, 1.54) is 0 Å². The van der Waals surface area contributed by atoms with Crippen molar-refractivity contribution in [3.8, 4) is 0 Å². The Bertz CT molecular complexity index is 501. The standard InChI is InChI=1S/C13H19ClN4O/c1-8(2)11-16-9(14)7-10(17-11)18-6-5-15-12(19)13(18,3)4/h7-8H,5-6H2,1-4H3,(H,15,19). The lowest BCUT2D eigenvalue weighted by atomic mass is 9.99. The molecule has 1 aliphatic rings. The first-order valence-corrected chi connectivity index (χ1v) is 6.80. The molecule has 2 heterocycles. The van der Waals surface area contributed by atoms with Crippen molar-refractivity contribution in [1.82, 2.24) is 15.3 Å². The zero-order valence-corrected chi connectivity index (χ0v) is 12.5. The normalized spacial score (nSPS) is 18.6. The van der Waals surface area contributed by atoms with Gasteiger partial charge in [0, 0.05) is 25.1 Å². The van der Waals surface area contributed by atoms with Gasteiger partial charge in [0.05, 0.1) is 0 Å². The highest BCUT2D eigenvalue weighted by molar-refractivity contribution is 6.29. The van der Waals surface area contributed by atoms with Crippen LogP contribution in [-0.4, -0.2) is 34.5 Å². The van der Waals surface area contributed by atoms with Gasteiger partial charge in [-0.05, 0) is 13.8 Å². The summed E-state index contributed by atoms with van der Waals surface area (Å²) in [6.45, 7) is 9.12. The SMILES string of the molecule is CC(C)c1nc(Cl)cc(N2CCNC(=O)C2(C)C)n1. The molecule has 0 unspecified atom stereocenters. The Morgan fingerprint density at radius 2 is 2.11 bits per heavy atom. The number of nitrogens with one attached hydrogen (secondary N) is 1. The summed E-state index contributed by atoms with van der Waals surface area (Å²) in [7, 11) is 0. The average molecular weight is 283 g/mol. The molecule has 5 nitrogen and oxygen atoms in total. The third-order valence-corrected chi connectivity index (χ3v) is 3.54. The molecular weight excluding hydrogens is 264 g/mol. The molecule has 0 aliphatic carbocycles. The third kappa shape index (κ3) is 2.66. The van der Waals surface area contributed by atoms with Crippen LogP contribution in [0.3, 0.4) is 0 Å². The summed E-state index contributed by atoms with van der Waals surface area (Å²) in [5.74, 6) is 1.60. The molecule has 1 aromatic rings. The van der Waals surface area contributed by atoms with Gasteiger partial charge in [-0.15, -0.1) is 0 Å². The lowest BCUT2D eigenvalue weighted by molar-refractivity contribution is -0.126. The zero-order valence-electron chi connectivity index (χ0n) is 11.7. The van der Waals surface area contributed by atoms with E-state index in [0.717, 1.165) is 0 Å². The summed E-state index contributed by atoms with van der Waals surface area (Å²) in [5.41, 5.74) is -0.635. The summed E-state index contributed by atoms with van der Waals surface area (Å²) in [6, 6.07) is 1.72. The lowest BCUT2D eigenvalue weighted by Gasteiger charge is -2.42. The molecule has 0 spiro atoms. The predicted molar refractivity (Wildman–Crippen MR) is 75.6 cm³/mol. The molecule has 1 aromatic heterocycles. The second-order valence-electron chi connectivity index (χ2n) is 5.53. The minimum absolute atomic E-state index is 0.000387. The van der Waals surface area contributed by atoms with Crippen LogP contribution in [0.5, 0.6) is 0 Å². The van der Waals surface area contributed by atoms with Crippen LogP contribution in [0.25, 0.3) is 0 Å². The highest BCUT2D eigenvalue weighted by atomic mass is 35.5. The molecular formula is C13H19ClN4O. The molecule has 1 amide bonds. The molecule has 0 radical (unpaired) electrons. The van der Waals surface area contributed by atoms with E-state index < -0.39 is 5.54 Å². The Kier molecular flexibility index (Phi) is 3.67. The molecule has 0 saturated carbocycles. The summed E-state index contributed by atoms with van der Waals surface area (Å²) in [4.78, 5) is 22.7. The van der Waals surface area contributed by atoms with Gasteiger partial charge in [-0.2, -0.15) is 0 Å². The number of halogens is 1. The minimum Gasteiger partial charge on any atom is -0.352 e. The smallest absolute Gasteiger partial charge is 0.245 e. The fraction of sp³-hybridized carbons (Fsp3) is 0.615. The summed E-state index contributed by atoms with van der Waals surface area (Å²) in [6.07, 6.45) is 0. The molecule has 1 aliphatic heterocycles. The van der Waals surface area contributed by atoms with E-state index in [1.54, 1.807) is 6.07 Å². The number of nitrogens with zero attached hydrogens (tertiary/aromatic N) is 3. The number of carbonyl (C=O) groups is 1. The van der Waals surface area contributed by atoms with Crippen LogP contribution in [-0.2, 0) is 4.79 Å². The van der Waals surface area contributed by atoms with Gasteiger partial charge in [-0.1, -0.05) is 25.4 Å². The van der Waals surface area contributed by atoms with E-state index in [4.69, 9.17) is 11.6 Å². The van der Waals surface area contributed by atoms with Crippen molar-refractivity contribution in [3.63, 3.8) is 0 Å². The van der Waals surface area contributed by atoms with E-state index in [0.29, 0.717) is 29.9 Å². The van der Waals surface area contributed by atoms with Crippen LogP contribution in [0, 0.1) is 0 Å². The van der Waals surface area contributed by atoms with Gasteiger partial charge < -0.3 is 10.2 Å². The molecule has 0 atom stereocenters. The molecule has 1 N–H and O–H groups in total. The number of amides is 1. The van der Waals surface area contributed by atoms with E-state index in [-0.39, 0.29) is 11.8 Å². The van der Waals surface area contributed by atoms with Gasteiger partial charge in [-0.25, -0.2) is 9.97 Å². The monoisotopic (exact) mass is 282 g/mol. The average Bonchev–Trinajstić information content (AvgIpc) is 2.31. The van der Waals surface area contributed by atoms with Crippen LogP contribution in [0.4, 0.5) is 5.82 Å². The van der Waals surface area contributed by atoms with Crippen LogP contribution in [0.1, 0.15) is 39.4 Å². The molecule has 2 rings (SSSR count). The fourth-order valence-electron chi connectivity index (χ4n) is 2.12. The first-order chi connectivity index (χ1) is 8.82. The van der Waals surface area contributed by atoms with Crippen LogP contribution >= 0.6 is 11.6 Å². The largest absolute Gasteiger partial charge is 0.352 e. The maximum Gasteiger partial charge on any atom is 0.245 e. The van der Waals surface area contributed by atoms with Gasteiger partial charge in [0.2, 0.25) is 5.91 Å². The van der Waals surface area contributed by atoms with E-state index in [2.05, 4.69) is 15.3 Å². The van der Waals surface area contributed by atoms with Crippen molar-refractivity contribution in [2.45, 2.75) is 39.2 Å². The maximum atomic E-state index is 12.0. The minimum atomic E-state index is -0.635. The van der Waals surface area contributed by atoms with Gasteiger partial charge >= 0.3 is 0 Å². The van der Waals surface area contributed by atoms with E-state index in [9.17, 15) is 4.79 Å². The molecule has 104 valence electrons. The Hall–Kier alpha value is -1.36. The lowest BCUT2D eigenvalue weighted by Crippen LogP contribution is -2.62. The summed E-state index contributed by atoms with van der Waals surface area (Å²) < 4.78 is 0. The number of carbonyl (C=O) groups excluding carboxylic acids is 1. The zero-order chi connectivity index (χ0) is 14.2. The van der Waals surface area contributed by atoms with Crippen LogP contribution < -0.4 is 10.2 Å². The summed E-state index contributed by atoms with van der Waals surface area (Å²) >= 11 is 6.06. The quantitative estimate of drug-likeness (QED) is 0.843. The number of aromatic nitrogens is 2. The third-order valence-electron chi connectivity index (χ3n) is 3.34. The van der Waals surface area contributed by atoms with Crippen molar-refractivity contribution in [3.05, 3.63) is 17.0 Å². The van der Waals surface area contributed by atoms with Crippen molar-refractivity contribution in [2.75, 3.05) is 18.0 Å². The number of hydrogen-bond acceptors (Lipinski definition) is 4. The van der Waals surface area contributed by atoms with Crippen LogP contribution in [0.2, 0.25) is 5.15 Å². The number of rotatable bonds is 2. The second kappa shape index (κ2) is 4.96.